The Balaban J connectivity index is 2.83. The second kappa shape index (κ2) is 5.66. The Labute approximate surface area is 107 Å². The van der Waals surface area contributed by atoms with Crippen LogP contribution in [-0.4, -0.2) is 11.2 Å². The molecule has 0 saturated carbocycles. The summed E-state index contributed by atoms with van der Waals surface area (Å²) in [6, 6.07) is 3.92. The van der Waals surface area contributed by atoms with Gasteiger partial charge in [-0.2, -0.15) is 0 Å². The van der Waals surface area contributed by atoms with Crippen LogP contribution < -0.4 is 5.32 Å². The van der Waals surface area contributed by atoms with Crippen LogP contribution in [0.4, 0.5) is 5.69 Å². The van der Waals surface area contributed by atoms with Crippen LogP contribution in [-0.2, 0) is 4.79 Å². The highest BCUT2D eigenvalue weighted by Gasteiger charge is 2.05. The molecule has 0 atom stereocenters. The van der Waals surface area contributed by atoms with E-state index in [0.717, 1.165) is 21.3 Å². The van der Waals surface area contributed by atoms with Crippen molar-refractivity contribution in [1.29, 1.82) is 0 Å². The molecule has 82 valence electrons. The predicted octanol–water partition coefficient (Wildman–Crippen LogP) is 3.79. The highest BCUT2D eigenvalue weighted by atomic mass is 79.9. The van der Waals surface area contributed by atoms with Crippen molar-refractivity contribution >= 4 is 43.5 Å². The van der Waals surface area contributed by atoms with Crippen molar-refractivity contribution in [1.82, 2.24) is 0 Å². The number of carbonyl (C=O) groups is 1. The van der Waals surface area contributed by atoms with Crippen LogP contribution in [0.1, 0.15) is 17.5 Å². The Hall–Kier alpha value is -0.350. The van der Waals surface area contributed by atoms with Crippen LogP contribution in [0.25, 0.3) is 0 Å². The highest BCUT2D eigenvalue weighted by molar-refractivity contribution is 9.10. The van der Waals surface area contributed by atoms with Gasteiger partial charge in [0.25, 0.3) is 0 Å². The van der Waals surface area contributed by atoms with E-state index < -0.39 is 0 Å². The second-order valence-corrected chi connectivity index (χ2v) is 5.00. The number of hydrogen-bond acceptors (Lipinski definition) is 1. The molecule has 1 aromatic carbocycles. The molecule has 15 heavy (non-hydrogen) atoms. The third-order valence-corrected chi connectivity index (χ3v) is 3.69. The lowest BCUT2D eigenvalue weighted by molar-refractivity contribution is -0.115. The molecule has 0 spiro atoms. The number of carbonyl (C=O) groups excluding carboxylic acids is 1. The van der Waals surface area contributed by atoms with Crippen molar-refractivity contribution < 1.29 is 4.79 Å². The monoisotopic (exact) mass is 333 g/mol. The molecule has 0 heterocycles. The summed E-state index contributed by atoms with van der Waals surface area (Å²) in [6.45, 7) is 4.02. The first-order valence-electron chi connectivity index (χ1n) is 4.67. The Morgan fingerprint density at radius 3 is 2.33 bits per heavy atom. The van der Waals surface area contributed by atoms with Crippen molar-refractivity contribution in [3.63, 3.8) is 0 Å². The van der Waals surface area contributed by atoms with E-state index in [2.05, 4.69) is 37.2 Å². The number of nitrogens with one attached hydrogen (secondary N) is 1. The summed E-state index contributed by atoms with van der Waals surface area (Å²) in [5.74, 6) is 0.0352. The predicted molar refractivity (Wildman–Crippen MR) is 70.7 cm³/mol. The van der Waals surface area contributed by atoms with Gasteiger partial charge in [0.15, 0.2) is 0 Å². The summed E-state index contributed by atoms with van der Waals surface area (Å²) in [6.07, 6.45) is 0.494. The number of aryl methyl sites for hydroxylation is 2. The summed E-state index contributed by atoms with van der Waals surface area (Å²) in [5.41, 5.74) is 3.12. The normalized spacial score (nSPS) is 10.1. The lowest BCUT2D eigenvalue weighted by Gasteiger charge is -2.09. The summed E-state index contributed by atoms with van der Waals surface area (Å²) in [5, 5.41) is 3.55. The smallest absolute Gasteiger partial charge is 0.225 e. The van der Waals surface area contributed by atoms with Gasteiger partial charge in [0.2, 0.25) is 5.91 Å². The van der Waals surface area contributed by atoms with Gasteiger partial charge < -0.3 is 5.32 Å². The van der Waals surface area contributed by atoms with Gasteiger partial charge in [0.05, 0.1) is 0 Å². The van der Waals surface area contributed by atoms with Crippen LogP contribution in [0, 0.1) is 13.8 Å². The third kappa shape index (κ3) is 3.61. The molecule has 1 amide bonds. The largest absolute Gasteiger partial charge is 0.326 e. The summed E-state index contributed by atoms with van der Waals surface area (Å²) in [4.78, 5) is 11.4. The van der Waals surface area contributed by atoms with Crippen molar-refractivity contribution in [2.45, 2.75) is 20.3 Å². The quantitative estimate of drug-likeness (QED) is 0.837. The van der Waals surface area contributed by atoms with Gasteiger partial charge in [-0.3, -0.25) is 4.79 Å². The lowest BCUT2D eigenvalue weighted by atomic mass is 10.1. The van der Waals surface area contributed by atoms with Gasteiger partial charge in [-0.15, -0.1) is 0 Å². The van der Waals surface area contributed by atoms with E-state index in [9.17, 15) is 4.79 Å². The first-order chi connectivity index (χ1) is 7.04. The van der Waals surface area contributed by atoms with Crippen LogP contribution in [0.3, 0.4) is 0 Å². The second-order valence-electron chi connectivity index (χ2n) is 3.41. The Morgan fingerprint density at radius 1 is 1.33 bits per heavy atom. The van der Waals surface area contributed by atoms with Crippen molar-refractivity contribution in [3.8, 4) is 0 Å². The SMILES string of the molecule is Cc1cc(NC(=O)CCBr)cc(C)c1Br. The topological polar surface area (TPSA) is 29.1 Å². The molecule has 0 bridgehead atoms. The molecular formula is C11H13Br2NO. The van der Waals surface area contributed by atoms with Gasteiger partial charge in [-0.1, -0.05) is 31.9 Å². The van der Waals surface area contributed by atoms with E-state index in [1.807, 2.05) is 26.0 Å². The van der Waals surface area contributed by atoms with Gasteiger partial charge >= 0.3 is 0 Å². The van der Waals surface area contributed by atoms with Gasteiger partial charge in [0.1, 0.15) is 0 Å². The van der Waals surface area contributed by atoms with E-state index in [1.165, 1.54) is 0 Å². The van der Waals surface area contributed by atoms with Gasteiger partial charge in [-0.05, 0) is 37.1 Å². The first-order valence-corrected chi connectivity index (χ1v) is 6.58. The molecule has 1 N–H and O–H groups in total. The number of amides is 1. The van der Waals surface area contributed by atoms with Crippen molar-refractivity contribution in [2.24, 2.45) is 0 Å². The lowest BCUT2D eigenvalue weighted by Crippen LogP contribution is -2.11. The number of halogens is 2. The minimum Gasteiger partial charge on any atom is -0.326 e. The molecule has 4 heteroatoms. The Kier molecular flexibility index (Phi) is 4.80. The first kappa shape index (κ1) is 12.7. The average molecular weight is 335 g/mol. The molecular weight excluding hydrogens is 322 g/mol. The van der Waals surface area contributed by atoms with Crippen LogP contribution in [0.5, 0.6) is 0 Å². The third-order valence-electron chi connectivity index (χ3n) is 2.04. The van der Waals surface area contributed by atoms with E-state index in [1.54, 1.807) is 0 Å². The maximum absolute atomic E-state index is 11.4. The Morgan fingerprint density at radius 2 is 1.87 bits per heavy atom. The van der Waals surface area contributed by atoms with Crippen LogP contribution in [0.15, 0.2) is 16.6 Å². The maximum atomic E-state index is 11.4. The molecule has 0 unspecified atom stereocenters. The van der Waals surface area contributed by atoms with E-state index in [0.29, 0.717) is 11.8 Å². The minimum absolute atomic E-state index is 0.0352. The Bertz CT molecular complexity index is 354. The number of anilines is 1. The average Bonchev–Trinajstić information content (AvgIpc) is 2.14. The zero-order chi connectivity index (χ0) is 11.4. The fourth-order valence-electron chi connectivity index (χ4n) is 1.33. The maximum Gasteiger partial charge on any atom is 0.225 e. The molecule has 0 aromatic heterocycles. The van der Waals surface area contributed by atoms with Crippen molar-refractivity contribution in [3.05, 3.63) is 27.7 Å². The van der Waals surface area contributed by atoms with E-state index >= 15 is 0 Å². The highest BCUT2D eigenvalue weighted by Crippen LogP contribution is 2.24. The van der Waals surface area contributed by atoms with Gasteiger partial charge in [-0.25, -0.2) is 0 Å². The standard InChI is InChI=1S/C11H13Br2NO/c1-7-5-9(6-8(2)11(7)13)14-10(15)3-4-12/h5-6H,3-4H2,1-2H3,(H,14,15). The van der Waals surface area contributed by atoms with Gasteiger partial charge in [0, 0.05) is 21.9 Å². The summed E-state index contributed by atoms with van der Waals surface area (Å²) < 4.78 is 1.10. The number of hydrogen-bond donors (Lipinski definition) is 1. The molecule has 0 radical (unpaired) electrons. The molecule has 2 nitrogen and oxygen atoms in total. The number of alkyl halides is 1. The fraction of sp³-hybridized carbons (Fsp3) is 0.364. The van der Waals surface area contributed by atoms with Crippen LogP contribution in [0.2, 0.25) is 0 Å². The van der Waals surface area contributed by atoms with Crippen LogP contribution >= 0.6 is 31.9 Å². The molecule has 0 saturated heterocycles. The molecule has 1 aromatic rings. The molecule has 0 aliphatic heterocycles. The zero-order valence-electron chi connectivity index (χ0n) is 8.73. The fourth-order valence-corrected chi connectivity index (χ4v) is 1.92. The molecule has 1 rings (SSSR count). The molecule has 0 aliphatic rings. The summed E-state index contributed by atoms with van der Waals surface area (Å²) >= 11 is 6.73. The number of rotatable bonds is 3. The molecule has 0 aliphatic carbocycles. The zero-order valence-corrected chi connectivity index (χ0v) is 11.9. The van der Waals surface area contributed by atoms with Crippen molar-refractivity contribution in [2.75, 3.05) is 10.6 Å². The van der Waals surface area contributed by atoms with E-state index in [-0.39, 0.29) is 5.91 Å². The number of benzene rings is 1. The summed E-state index contributed by atoms with van der Waals surface area (Å²) in [7, 11) is 0. The minimum atomic E-state index is 0.0352. The van der Waals surface area contributed by atoms with E-state index in [4.69, 9.17) is 0 Å². The molecule has 0 fully saturated rings.